The Bertz CT molecular complexity index is 1010. The van der Waals surface area contributed by atoms with Gasteiger partial charge in [0.05, 0.1) is 18.1 Å². The van der Waals surface area contributed by atoms with Crippen molar-refractivity contribution in [1.82, 2.24) is 29.9 Å². The predicted molar refractivity (Wildman–Crippen MR) is 99.0 cm³/mol. The monoisotopic (exact) mass is 369 g/mol. The lowest BCUT2D eigenvalue weighted by Gasteiger charge is -2.07. The van der Waals surface area contributed by atoms with Gasteiger partial charge in [0, 0.05) is 24.8 Å². The minimum atomic E-state index is 0.407. The Morgan fingerprint density at radius 1 is 1.23 bits per heavy atom. The highest BCUT2D eigenvalue weighted by atomic mass is 32.1. The molecule has 0 fully saturated rings. The van der Waals surface area contributed by atoms with Crippen molar-refractivity contribution < 1.29 is 4.52 Å². The minimum Gasteiger partial charge on any atom is -0.360 e. The second kappa shape index (κ2) is 7.20. The van der Waals surface area contributed by atoms with Crippen LogP contribution in [-0.4, -0.2) is 29.9 Å². The summed E-state index contributed by atoms with van der Waals surface area (Å²) in [5.74, 6) is 2.76. The summed E-state index contributed by atoms with van der Waals surface area (Å²) in [6.07, 6.45) is 4.26. The molecule has 4 aromatic heterocycles. The van der Waals surface area contributed by atoms with Gasteiger partial charge in [-0.2, -0.15) is 10.1 Å². The zero-order valence-electron chi connectivity index (χ0n) is 14.6. The lowest BCUT2D eigenvalue weighted by molar-refractivity contribution is 0.378. The van der Waals surface area contributed by atoms with Gasteiger partial charge >= 0.3 is 0 Å². The van der Waals surface area contributed by atoms with Crippen molar-refractivity contribution in [2.45, 2.75) is 32.7 Å². The summed E-state index contributed by atoms with van der Waals surface area (Å²) in [6, 6.07) is 4.08. The molecule has 1 N–H and O–H groups in total. The first-order valence-electron chi connectivity index (χ1n) is 8.49. The zero-order chi connectivity index (χ0) is 17.9. The van der Waals surface area contributed by atoms with Crippen LogP contribution in [0.1, 0.15) is 35.8 Å². The number of rotatable bonds is 7. The summed E-state index contributed by atoms with van der Waals surface area (Å²) in [4.78, 5) is 14.9. The van der Waals surface area contributed by atoms with Gasteiger partial charge in [0.1, 0.15) is 11.6 Å². The Labute approximate surface area is 154 Å². The molecule has 0 saturated carbocycles. The first kappa shape index (κ1) is 16.6. The number of nitrogens with one attached hydrogen (secondary N) is 1. The van der Waals surface area contributed by atoms with Gasteiger partial charge in [0.15, 0.2) is 11.5 Å². The van der Waals surface area contributed by atoms with E-state index in [-0.39, 0.29) is 0 Å². The molecule has 0 atom stereocenters. The molecule has 26 heavy (non-hydrogen) atoms. The standard InChI is InChI=1S/C17H19N7OS/c1-3-5-13-21-16(12-9-19-24(2)17(12)22-13)18-10-15-20-14(23-25-15)8-11-6-4-7-26-11/h4,6-7,9H,3,5,8,10H2,1-2H3,(H,18,21,22). The van der Waals surface area contributed by atoms with Gasteiger partial charge < -0.3 is 9.84 Å². The maximum atomic E-state index is 5.35. The van der Waals surface area contributed by atoms with E-state index in [0.29, 0.717) is 24.7 Å². The number of anilines is 1. The summed E-state index contributed by atoms with van der Waals surface area (Å²) in [5, 5.41) is 14.5. The average molecular weight is 369 g/mol. The van der Waals surface area contributed by atoms with Gasteiger partial charge in [0.25, 0.3) is 0 Å². The first-order chi connectivity index (χ1) is 12.7. The van der Waals surface area contributed by atoms with E-state index in [1.165, 1.54) is 4.88 Å². The van der Waals surface area contributed by atoms with E-state index in [2.05, 4.69) is 43.5 Å². The van der Waals surface area contributed by atoms with Gasteiger partial charge in [-0.3, -0.25) is 4.68 Å². The molecule has 0 aromatic carbocycles. The van der Waals surface area contributed by atoms with Crippen LogP contribution in [0.3, 0.4) is 0 Å². The number of aryl methyl sites for hydroxylation is 2. The third-order valence-electron chi connectivity index (χ3n) is 3.94. The van der Waals surface area contributed by atoms with Crippen LogP contribution in [0, 0.1) is 0 Å². The van der Waals surface area contributed by atoms with Gasteiger partial charge in [-0.25, -0.2) is 9.97 Å². The molecule has 0 radical (unpaired) electrons. The molecule has 134 valence electrons. The molecule has 0 bridgehead atoms. The molecule has 0 aliphatic carbocycles. The van der Waals surface area contributed by atoms with E-state index in [1.807, 2.05) is 18.5 Å². The second-order valence-corrected chi connectivity index (χ2v) is 6.99. The molecule has 0 aliphatic heterocycles. The fourth-order valence-corrected chi connectivity index (χ4v) is 3.40. The Kier molecular flexibility index (Phi) is 4.61. The first-order valence-corrected chi connectivity index (χ1v) is 9.37. The predicted octanol–water partition coefficient (Wildman–Crippen LogP) is 2.96. The maximum absolute atomic E-state index is 5.35. The molecule has 8 nitrogen and oxygen atoms in total. The third kappa shape index (κ3) is 3.43. The fourth-order valence-electron chi connectivity index (χ4n) is 2.70. The van der Waals surface area contributed by atoms with Gasteiger partial charge in [0.2, 0.25) is 5.89 Å². The summed E-state index contributed by atoms with van der Waals surface area (Å²) < 4.78 is 7.10. The second-order valence-electron chi connectivity index (χ2n) is 5.96. The Morgan fingerprint density at radius 2 is 2.15 bits per heavy atom. The number of aromatic nitrogens is 6. The third-order valence-corrected chi connectivity index (χ3v) is 4.82. The molecule has 0 aliphatic rings. The average Bonchev–Trinajstić information content (AvgIpc) is 3.37. The minimum absolute atomic E-state index is 0.407. The smallest absolute Gasteiger partial charge is 0.245 e. The van der Waals surface area contributed by atoms with Crippen LogP contribution < -0.4 is 5.32 Å². The molecular formula is C17H19N7OS. The molecule has 4 rings (SSSR count). The van der Waals surface area contributed by atoms with Gasteiger partial charge in [-0.15, -0.1) is 11.3 Å². The molecule has 0 saturated heterocycles. The highest BCUT2D eigenvalue weighted by Crippen LogP contribution is 2.21. The van der Waals surface area contributed by atoms with E-state index in [4.69, 9.17) is 4.52 Å². The normalized spacial score (nSPS) is 11.3. The molecule has 0 amide bonds. The van der Waals surface area contributed by atoms with Crippen molar-refractivity contribution in [1.29, 1.82) is 0 Å². The van der Waals surface area contributed by atoms with E-state index in [9.17, 15) is 0 Å². The number of hydrogen-bond acceptors (Lipinski definition) is 8. The fraction of sp³-hybridized carbons (Fsp3) is 0.353. The number of nitrogens with zero attached hydrogens (tertiary/aromatic N) is 6. The van der Waals surface area contributed by atoms with E-state index < -0.39 is 0 Å². The van der Waals surface area contributed by atoms with E-state index >= 15 is 0 Å². The van der Waals surface area contributed by atoms with Crippen molar-refractivity contribution >= 4 is 28.2 Å². The van der Waals surface area contributed by atoms with Crippen LogP contribution >= 0.6 is 11.3 Å². The summed E-state index contributed by atoms with van der Waals surface area (Å²) >= 11 is 1.68. The highest BCUT2D eigenvalue weighted by Gasteiger charge is 2.13. The lowest BCUT2D eigenvalue weighted by atomic mass is 10.3. The van der Waals surface area contributed by atoms with Crippen LogP contribution in [0.2, 0.25) is 0 Å². The van der Waals surface area contributed by atoms with Crippen molar-refractivity contribution in [2.75, 3.05) is 5.32 Å². The van der Waals surface area contributed by atoms with Crippen molar-refractivity contribution in [3.8, 4) is 0 Å². The molecule has 0 unspecified atom stereocenters. The molecule has 0 spiro atoms. The topological polar surface area (TPSA) is 94.5 Å². The van der Waals surface area contributed by atoms with Crippen molar-refractivity contribution in [3.05, 3.63) is 46.1 Å². The highest BCUT2D eigenvalue weighted by molar-refractivity contribution is 7.09. The molecule has 4 heterocycles. The van der Waals surface area contributed by atoms with Crippen molar-refractivity contribution in [2.24, 2.45) is 7.05 Å². The maximum Gasteiger partial charge on any atom is 0.245 e. The SMILES string of the molecule is CCCc1nc(NCc2nc(Cc3cccs3)no2)c2cnn(C)c2n1. The quantitative estimate of drug-likeness (QED) is 0.535. The Morgan fingerprint density at radius 3 is 2.96 bits per heavy atom. The summed E-state index contributed by atoms with van der Waals surface area (Å²) in [6.45, 7) is 2.52. The van der Waals surface area contributed by atoms with Gasteiger partial charge in [-0.05, 0) is 17.9 Å². The van der Waals surface area contributed by atoms with Crippen LogP contribution in [0.5, 0.6) is 0 Å². The van der Waals surface area contributed by atoms with Crippen molar-refractivity contribution in [3.63, 3.8) is 0 Å². The summed E-state index contributed by atoms with van der Waals surface area (Å²) in [7, 11) is 1.88. The van der Waals surface area contributed by atoms with Crippen LogP contribution in [-0.2, 0) is 26.4 Å². The number of thiophene rings is 1. The van der Waals surface area contributed by atoms with Crippen LogP contribution in [0.25, 0.3) is 11.0 Å². The van der Waals surface area contributed by atoms with Gasteiger partial charge in [-0.1, -0.05) is 18.1 Å². The van der Waals surface area contributed by atoms with E-state index in [0.717, 1.165) is 35.5 Å². The number of hydrogen-bond donors (Lipinski definition) is 1. The Hall–Kier alpha value is -2.81. The lowest BCUT2D eigenvalue weighted by Crippen LogP contribution is -2.06. The van der Waals surface area contributed by atoms with E-state index in [1.54, 1.807) is 22.2 Å². The Balaban J connectivity index is 1.51. The summed E-state index contributed by atoms with van der Waals surface area (Å²) in [5.41, 5.74) is 0.815. The largest absolute Gasteiger partial charge is 0.360 e. The molecular weight excluding hydrogens is 350 g/mol. The zero-order valence-corrected chi connectivity index (χ0v) is 15.5. The number of fused-ring (bicyclic) bond motifs is 1. The van der Waals surface area contributed by atoms with Crippen LogP contribution in [0.15, 0.2) is 28.2 Å². The molecule has 9 heteroatoms. The van der Waals surface area contributed by atoms with Crippen LogP contribution in [0.4, 0.5) is 5.82 Å². The molecule has 4 aromatic rings.